The smallest absolute Gasteiger partial charge is 0.220 e. The summed E-state index contributed by atoms with van der Waals surface area (Å²) in [5.74, 6) is 0.930. The van der Waals surface area contributed by atoms with Crippen molar-refractivity contribution in [3.63, 3.8) is 0 Å². The highest BCUT2D eigenvalue weighted by Crippen LogP contribution is 2.27. The number of carbonyl (C=O) groups is 1. The molecule has 1 aliphatic carbocycles. The van der Waals surface area contributed by atoms with Crippen LogP contribution in [-0.4, -0.2) is 24.5 Å². The molecule has 0 spiro atoms. The van der Waals surface area contributed by atoms with Crippen molar-refractivity contribution in [2.45, 2.75) is 64.0 Å². The van der Waals surface area contributed by atoms with Gasteiger partial charge in [0, 0.05) is 18.5 Å². The first-order valence-corrected chi connectivity index (χ1v) is 6.78. The maximum atomic E-state index is 11.9. The average molecular weight is 224 g/mol. The first-order valence-electron chi connectivity index (χ1n) is 6.78. The topological polar surface area (TPSA) is 41.1 Å². The van der Waals surface area contributed by atoms with Crippen molar-refractivity contribution >= 4 is 5.91 Å². The number of amides is 1. The summed E-state index contributed by atoms with van der Waals surface area (Å²) >= 11 is 0. The number of hydrogen-bond acceptors (Lipinski definition) is 2. The van der Waals surface area contributed by atoms with Crippen molar-refractivity contribution in [3.05, 3.63) is 0 Å². The number of carbonyl (C=O) groups excluding carboxylic acids is 1. The highest BCUT2D eigenvalue weighted by Gasteiger charge is 2.24. The van der Waals surface area contributed by atoms with Crippen LogP contribution in [0.1, 0.15) is 51.9 Å². The molecule has 3 heteroatoms. The summed E-state index contributed by atoms with van der Waals surface area (Å²) in [7, 11) is 0. The highest BCUT2D eigenvalue weighted by atomic mass is 16.1. The van der Waals surface area contributed by atoms with Crippen molar-refractivity contribution in [2.24, 2.45) is 5.92 Å². The molecule has 2 unspecified atom stereocenters. The molecule has 2 N–H and O–H groups in total. The lowest BCUT2D eigenvalue weighted by Crippen LogP contribution is -2.52. The van der Waals surface area contributed by atoms with E-state index < -0.39 is 0 Å². The highest BCUT2D eigenvalue weighted by molar-refractivity contribution is 5.76. The van der Waals surface area contributed by atoms with Gasteiger partial charge in [0.1, 0.15) is 0 Å². The lowest BCUT2D eigenvalue weighted by Gasteiger charge is -2.31. The molecular weight excluding hydrogens is 200 g/mol. The fraction of sp³-hybridized carbons (Fsp3) is 0.923. The summed E-state index contributed by atoms with van der Waals surface area (Å²) in [4.78, 5) is 11.9. The van der Waals surface area contributed by atoms with Crippen LogP contribution in [0.4, 0.5) is 0 Å². The third-order valence-electron chi connectivity index (χ3n) is 4.06. The van der Waals surface area contributed by atoms with E-state index in [9.17, 15) is 4.79 Å². The van der Waals surface area contributed by atoms with Gasteiger partial charge >= 0.3 is 0 Å². The summed E-state index contributed by atoms with van der Waals surface area (Å²) in [5.41, 5.74) is 0. The first kappa shape index (κ1) is 11.9. The van der Waals surface area contributed by atoms with E-state index in [4.69, 9.17) is 0 Å². The molecule has 0 bridgehead atoms. The minimum atomic E-state index is 0.271. The molecule has 1 heterocycles. The molecule has 3 nitrogen and oxygen atoms in total. The largest absolute Gasteiger partial charge is 0.352 e. The van der Waals surface area contributed by atoms with Crippen LogP contribution < -0.4 is 10.6 Å². The molecule has 1 aliphatic heterocycles. The predicted molar refractivity (Wildman–Crippen MR) is 65.2 cm³/mol. The van der Waals surface area contributed by atoms with E-state index in [0.29, 0.717) is 18.0 Å². The monoisotopic (exact) mass is 224 g/mol. The van der Waals surface area contributed by atoms with Gasteiger partial charge in [-0.15, -0.1) is 0 Å². The normalized spacial score (nSPS) is 31.6. The molecule has 2 aliphatic rings. The van der Waals surface area contributed by atoms with Crippen molar-refractivity contribution in [3.8, 4) is 0 Å². The molecule has 0 aromatic heterocycles. The minimum Gasteiger partial charge on any atom is -0.352 e. The Bertz CT molecular complexity index is 236. The second-order valence-electron chi connectivity index (χ2n) is 5.41. The van der Waals surface area contributed by atoms with Gasteiger partial charge in [-0.2, -0.15) is 0 Å². The zero-order valence-corrected chi connectivity index (χ0v) is 10.3. The Morgan fingerprint density at radius 3 is 2.69 bits per heavy atom. The number of rotatable bonds is 3. The lowest BCUT2D eigenvalue weighted by atomic mass is 9.98. The average Bonchev–Trinajstić information content (AvgIpc) is 2.74. The Morgan fingerprint density at radius 1 is 1.25 bits per heavy atom. The molecular formula is C13H24N2O. The van der Waals surface area contributed by atoms with E-state index in [2.05, 4.69) is 17.6 Å². The lowest BCUT2D eigenvalue weighted by molar-refractivity contribution is -0.123. The van der Waals surface area contributed by atoms with Gasteiger partial charge in [-0.3, -0.25) is 4.79 Å². The molecule has 1 amide bonds. The van der Waals surface area contributed by atoms with Crippen LogP contribution in [-0.2, 0) is 4.79 Å². The fourth-order valence-electron chi connectivity index (χ4n) is 2.98. The van der Waals surface area contributed by atoms with Gasteiger partial charge in [0.15, 0.2) is 0 Å². The van der Waals surface area contributed by atoms with Gasteiger partial charge in [-0.05, 0) is 45.1 Å². The zero-order chi connectivity index (χ0) is 11.4. The van der Waals surface area contributed by atoms with Crippen molar-refractivity contribution in [1.29, 1.82) is 0 Å². The predicted octanol–water partition coefficient (Wildman–Crippen LogP) is 1.82. The summed E-state index contributed by atoms with van der Waals surface area (Å²) < 4.78 is 0. The molecule has 16 heavy (non-hydrogen) atoms. The maximum Gasteiger partial charge on any atom is 0.220 e. The van der Waals surface area contributed by atoms with E-state index in [0.717, 1.165) is 19.4 Å². The maximum absolute atomic E-state index is 11.9. The van der Waals surface area contributed by atoms with Crippen LogP contribution in [0.2, 0.25) is 0 Å². The summed E-state index contributed by atoms with van der Waals surface area (Å²) in [6.07, 6.45) is 8.21. The SMILES string of the molecule is CC1NCCCC1NC(=O)CC1CCCC1. The van der Waals surface area contributed by atoms with Gasteiger partial charge in [0.2, 0.25) is 5.91 Å². The third-order valence-corrected chi connectivity index (χ3v) is 4.06. The van der Waals surface area contributed by atoms with E-state index >= 15 is 0 Å². The van der Waals surface area contributed by atoms with Crippen LogP contribution >= 0.6 is 0 Å². The van der Waals surface area contributed by atoms with Crippen LogP contribution in [0.15, 0.2) is 0 Å². The molecule has 1 saturated heterocycles. The molecule has 2 rings (SSSR count). The first-order chi connectivity index (χ1) is 7.75. The number of hydrogen-bond donors (Lipinski definition) is 2. The molecule has 1 saturated carbocycles. The Hall–Kier alpha value is -0.570. The van der Waals surface area contributed by atoms with Gasteiger partial charge in [-0.1, -0.05) is 12.8 Å². The second-order valence-corrected chi connectivity index (χ2v) is 5.41. The summed E-state index contributed by atoms with van der Waals surface area (Å²) in [6.45, 7) is 3.26. The minimum absolute atomic E-state index is 0.271. The van der Waals surface area contributed by atoms with E-state index in [1.807, 2.05) is 0 Å². The summed E-state index contributed by atoms with van der Waals surface area (Å²) in [6, 6.07) is 0.781. The standard InChI is InChI=1S/C13H24N2O/c1-10-12(7-4-8-14-10)15-13(16)9-11-5-2-3-6-11/h10-12,14H,2-9H2,1H3,(H,15,16). The second kappa shape index (κ2) is 5.67. The van der Waals surface area contributed by atoms with Crippen molar-refractivity contribution < 1.29 is 4.79 Å². The van der Waals surface area contributed by atoms with Crippen molar-refractivity contribution in [2.75, 3.05) is 6.54 Å². The third kappa shape index (κ3) is 3.21. The van der Waals surface area contributed by atoms with Crippen molar-refractivity contribution in [1.82, 2.24) is 10.6 Å². The number of piperidine rings is 1. The van der Waals surface area contributed by atoms with Gasteiger partial charge in [-0.25, -0.2) is 0 Å². The van der Waals surface area contributed by atoms with Gasteiger partial charge in [0.05, 0.1) is 0 Å². The quantitative estimate of drug-likeness (QED) is 0.768. The van der Waals surface area contributed by atoms with Crippen LogP contribution in [0.25, 0.3) is 0 Å². The Labute approximate surface area is 98.4 Å². The Balaban J connectivity index is 1.72. The molecule has 0 radical (unpaired) electrons. The fourth-order valence-corrected chi connectivity index (χ4v) is 2.98. The van der Waals surface area contributed by atoms with Crippen LogP contribution in [0, 0.1) is 5.92 Å². The Kier molecular flexibility index (Phi) is 4.22. The zero-order valence-electron chi connectivity index (χ0n) is 10.3. The van der Waals surface area contributed by atoms with E-state index in [1.165, 1.54) is 32.1 Å². The Morgan fingerprint density at radius 2 is 2.00 bits per heavy atom. The molecule has 0 aromatic carbocycles. The van der Waals surface area contributed by atoms with Gasteiger partial charge in [0.25, 0.3) is 0 Å². The van der Waals surface area contributed by atoms with Crippen LogP contribution in [0.5, 0.6) is 0 Å². The summed E-state index contributed by atoms with van der Waals surface area (Å²) in [5, 5.41) is 6.61. The van der Waals surface area contributed by atoms with E-state index in [1.54, 1.807) is 0 Å². The van der Waals surface area contributed by atoms with Gasteiger partial charge < -0.3 is 10.6 Å². The van der Waals surface area contributed by atoms with Crippen LogP contribution in [0.3, 0.4) is 0 Å². The molecule has 2 fully saturated rings. The molecule has 2 atom stereocenters. The molecule has 92 valence electrons. The van der Waals surface area contributed by atoms with E-state index in [-0.39, 0.29) is 5.91 Å². The molecule has 0 aromatic rings. The number of nitrogens with one attached hydrogen (secondary N) is 2.